The van der Waals surface area contributed by atoms with Gasteiger partial charge in [-0.05, 0) is 69.2 Å². The minimum atomic E-state index is -4.66. The molecular weight excluding hydrogens is 667 g/mol. The average molecular weight is 700 g/mol. The Morgan fingerprint density at radius 1 is 1.02 bits per heavy atom. The van der Waals surface area contributed by atoms with Crippen molar-refractivity contribution in [1.29, 1.82) is 0 Å². The second-order valence-electron chi connectivity index (χ2n) is 10.3. The van der Waals surface area contributed by atoms with Crippen molar-refractivity contribution in [3.63, 3.8) is 0 Å². The van der Waals surface area contributed by atoms with Crippen LogP contribution in [-0.4, -0.2) is 55.8 Å². The molecule has 2 atom stereocenters. The SMILES string of the molecule is CC[C@@H](C)NC(=O)[C@@H](C)N(Cc1ccc(Cl)c(Cl)c1)C(=O)CN(c1cc(Cl)ccc1OC)S(=O)(=O)c1ccc(C)c([N+](=O)[O-])c1. The van der Waals surface area contributed by atoms with E-state index in [0.717, 1.165) is 10.4 Å². The van der Waals surface area contributed by atoms with Crippen molar-refractivity contribution in [3.05, 3.63) is 90.9 Å². The number of methoxy groups -OCH3 is 1. The number of anilines is 1. The summed E-state index contributed by atoms with van der Waals surface area (Å²) in [4.78, 5) is 39.1. The van der Waals surface area contributed by atoms with E-state index >= 15 is 0 Å². The molecule has 0 fully saturated rings. The lowest BCUT2D eigenvalue weighted by Gasteiger charge is -2.33. The largest absolute Gasteiger partial charge is 0.495 e. The maximum Gasteiger partial charge on any atom is 0.273 e. The van der Waals surface area contributed by atoms with Crippen LogP contribution in [0.5, 0.6) is 5.75 Å². The zero-order valence-corrected chi connectivity index (χ0v) is 28.3. The van der Waals surface area contributed by atoms with Crippen molar-refractivity contribution in [3.8, 4) is 5.75 Å². The fraction of sp³-hybridized carbons (Fsp3) is 0.333. The molecule has 242 valence electrons. The molecule has 3 aromatic rings. The Kier molecular flexibility index (Phi) is 12.1. The van der Waals surface area contributed by atoms with Gasteiger partial charge in [-0.25, -0.2) is 8.42 Å². The summed E-state index contributed by atoms with van der Waals surface area (Å²) in [7, 11) is -3.34. The predicted molar refractivity (Wildman–Crippen MR) is 175 cm³/mol. The summed E-state index contributed by atoms with van der Waals surface area (Å²) in [6.45, 7) is 5.77. The molecule has 45 heavy (non-hydrogen) atoms. The summed E-state index contributed by atoms with van der Waals surface area (Å²) in [6, 6.07) is 11.1. The minimum Gasteiger partial charge on any atom is -0.495 e. The number of halogens is 3. The van der Waals surface area contributed by atoms with Gasteiger partial charge in [-0.2, -0.15) is 0 Å². The van der Waals surface area contributed by atoms with Crippen LogP contribution in [0.25, 0.3) is 0 Å². The standard InChI is InChI=1S/C30H33Cl3N4O7S/c1-6-19(3)34-30(39)20(4)35(16-21-8-11-24(32)25(33)13-21)29(38)17-36(27-14-22(31)9-12-28(27)44-5)45(42,43)23-10-7-18(2)26(15-23)37(40)41/h7-15,19-20H,6,16-17H2,1-5H3,(H,34,39)/t19-,20-/m1/s1. The highest BCUT2D eigenvalue weighted by atomic mass is 35.5. The predicted octanol–water partition coefficient (Wildman–Crippen LogP) is 6.40. The molecule has 0 heterocycles. The van der Waals surface area contributed by atoms with Crippen molar-refractivity contribution in [2.45, 2.75) is 57.6 Å². The van der Waals surface area contributed by atoms with Crippen LogP contribution in [0.4, 0.5) is 11.4 Å². The molecule has 0 saturated carbocycles. The maximum atomic E-state index is 14.2. The quantitative estimate of drug-likeness (QED) is 0.161. The van der Waals surface area contributed by atoms with E-state index < -0.39 is 49.9 Å². The molecule has 0 spiro atoms. The summed E-state index contributed by atoms with van der Waals surface area (Å²) in [5.41, 5.74) is 0.269. The number of amides is 2. The van der Waals surface area contributed by atoms with Crippen molar-refractivity contribution in [2.75, 3.05) is 18.0 Å². The molecular formula is C30H33Cl3N4O7S. The van der Waals surface area contributed by atoms with Crippen LogP contribution in [0.2, 0.25) is 15.1 Å². The van der Waals surface area contributed by atoms with Crippen molar-refractivity contribution < 1.29 is 27.7 Å². The maximum absolute atomic E-state index is 14.2. The van der Waals surface area contributed by atoms with Gasteiger partial charge in [-0.3, -0.25) is 24.0 Å². The zero-order valence-electron chi connectivity index (χ0n) is 25.2. The first-order valence-electron chi connectivity index (χ1n) is 13.8. The minimum absolute atomic E-state index is 0.0657. The van der Waals surface area contributed by atoms with E-state index in [9.17, 15) is 28.1 Å². The average Bonchev–Trinajstić information content (AvgIpc) is 2.99. The monoisotopic (exact) mass is 698 g/mol. The highest BCUT2D eigenvalue weighted by Crippen LogP contribution is 2.36. The first kappa shape index (κ1) is 35.9. The summed E-state index contributed by atoms with van der Waals surface area (Å²) in [5.74, 6) is -1.15. The molecule has 0 saturated heterocycles. The molecule has 11 nitrogen and oxygen atoms in total. The Morgan fingerprint density at radius 3 is 2.31 bits per heavy atom. The highest BCUT2D eigenvalue weighted by Gasteiger charge is 2.35. The van der Waals surface area contributed by atoms with Gasteiger partial charge >= 0.3 is 0 Å². The molecule has 0 aliphatic heterocycles. The van der Waals surface area contributed by atoms with E-state index in [1.807, 2.05) is 13.8 Å². The third-order valence-corrected chi connectivity index (χ3v) is 9.89. The summed E-state index contributed by atoms with van der Waals surface area (Å²) in [6.07, 6.45) is 0.641. The summed E-state index contributed by atoms with van der Waals surface area (Å²) >= 11 is 18.5. The second kappa shape index (κ2) is 15.1. The third-order valence-electron chi connectivity index (χ3n) is 7.16. The number of nitro groups is 1. The highest BCUT2D eigenvalue weighted by molar-refractivity contribution is 7.92. The molecule has 0 unspecified atom stereocenters. The van der Waals surface area contributed by atoms with Gasteiger partial charge in [0.25, 0.3) is 15.7 Å². The molecule has 3 rings (SSSR count). The number of hydrogen-bond donors (Lipinski definition) is 1. The molecule has 3 aromatic carbocycles. The van der Waals surface area contributed by atoms with Crippen molar-refractivity contribution >= 4 is 68.0 Å². The van der Waals surface area contributed by atoms with Crippen LogP contribution in [-0.2, 0) is 26.2 Å². The van der Waals surface area contributed by atoms with Gasteiger partial charge in [-0.1, -0.05) is 53.9 Å². The molecule has 2 amide bonds. The van der Waals surface area contributed by atoms with Crippen molar-refractivity contribution in [2.24, 2.45) is 0 Å². The summed E-state index contributed by atoms with van der Waals surface area (Å²) < 4.78 is 34.6. The van der Waals surface area contributed by atoms with E-state index in [2.05, 4.69) is 5.32 Å². The fourth-order valence-electron chi connectivity index (χ4n) is 4.33. The Balaban J connectivity index is 2.17. The number of rotatable bonds is 13. The first-order chi connectivity index (χ1) is 21.1. The van der Waals surface area contributed by atoms with E-state index in [4.69, 9.17) is 39.5 Å². The smallest absolute Gasteiger partial charge is 0.273 e. The van der Waals surface area contributed by atoms with Gasteiger partial charge in [-0.15, -0.1) is 0 Å². The van der Waals surface area contributed by atoms with Crippen LogP contribution in [0, 0.1) is 17.0 Å². The zero-order chi connectivity index (χ0) is 33.6. The van der Waals surface area contributed by atoms with E-state index in [0.29, 0.717) is 17.0 Å². The van der Waals surface area contributed by atoms with Gasteiger partial charge in [0, 0.05) is 29.2 Å². The Morgan fingerprint density at radius 2 is 1.71 bits per heavy atom. The number of benzene rings is 3. The molecule has 0 radical (unpaired) electrons. The molecule has 0 bridgehead atoms. The number of hydrogen-bond acceptors (Lipinski definition) is 7. The number of nitrogens with zero attached hydrogens (tertiary/aromatic N) is 3. The number of carbonyl (C=O) groups is 2. The van der Waals surface area contributed by atoms with Gasteiger partial charge in [0.05, 0.1) is 32.7 Å². The lowest BCUT2D eigenvalue weighted by atomic mass is 10.1. The topological polar surface area (TPSA) is 139 Å². The van der Waals surface area contributed by atoms with Crippen LogP contribution in [0.1, 0.15) is 38.3 Å². The van der Waals surface area contributed by atoms with Gasteiger partial charge < -0.3 is 15.0 Å². The molecule has 15 heteroatoms. The number of nitrogens with one attached hydrogen (secondary N) is 1. The van der Waals surface area contributed by atoms with Crippen LogP contribution in [0.3, 0.4) is 0 Å². The second-order valence-corrected chi connectivity index (χ2v) is 13.4. The molecule has 1 N–H and O–H groups in total. The Bertz CT molecular complexity index is 1700. The number of ether oxygens (including phenoxy) is 1. The van der Waals surface area contributed by atoms with Crippen molar-refractivity contribution in [1.82, 2.24) is 10.2 Å². The number of carbonyl (C=O) groups excluding carboxylic acids is 2. The number of nitro benzene ring substituents is 1. The Hall–Kier alpha value is -3.58. The molecule has 0 aliphatic rings. The lowest BCUT2D eigenvalue weighted by Crippen LogP contribution is -2.52. The van der Waals surface area contributed by atoms with Crippen LogP contribution < -0.4 is 14.4 Å². The van der Waals surface area contributed by atoms with Crippen LogP contribution >= 0.6 is 34.8 Å². The molecule has 0 aliphatic carbocycles. The fourth-order valence-corrected chi connectivity index (χ4v) is 6.25. The Labute approximate surface area is 277 Å². The third kappa shape index (κ3) is 8.57. The normalized spacial score (nSPS) is 12.6. The van der Waals surface area contributed by atoms with Gasteiger partial charge in [0.1, 0.15) is 18.3 Å². The number of aryl methyl sites for hydroxylation is 1. The number of sulfonamides is 1. The van der Waals surface area contributed by atoms with E-state index in [-0.39, 0.29) is 39.6 Å². The lowest BCUT2D eigenvalue weighted by molar-refractivity contribution is -0.385. The van der Waals surface area contributed by atoms with E-state index in [1.165, 1.54) is 56.2 Å². The summed E-state index contributed by atoms with van der Waals surface area (Å²) in [5, 5.41) is 15.2. The van der Waals surface area contributed by atoms with E-state index in [1.54, 1.807) is 18.2 Å². The van der Waals surface area contributed by atoms with Crippen LogP contribution in [0.15, 0.2) is 59.5 Å². The van der Waals surface area contributed by atoms with Gasteiger partial charge in [0.15, 0.2) is 0 Å². The van der Waals surface area contributed by atoms with Gasteiger partial charge in [0.2, 0.25) is 11.8 Å². The molecule has 0 aromatic heterocycles. The first-order valence-corrected chi connectivity index (χ1v) is 16.3.